The van der Waals surface area contributed by atoms with Gasteiger partial charge in [0.15, 0.2) is 0 Å². The van der Waals surface area contributed by atoms with E-state index >= 15 is 0 Å². The van der Waals surface area contributed by atoms with E-state index in [4.69, 9.17) is 0 Å². The summed E-state index contributed by atoms with van der Waals surface area (Å²) in [6, 6.07) is -0.324. The zero-order valence-corrected chi connectivity index (χ0v) is 11.1. The molecule has 5 heteroatoms. The molecule has 0 aromatic carbocycles. The summed E-state index contributed by atoms with van der Waals surface area (Å²) >= 11 is 0. The lowest BCUT2D eigenvalue weighted by molar-refractivity contribution is -0.147. The van der Waals surface area contributed by atoms with Gasteiger partial charge in [0, 0.05) is 25.6 Å². The molecule has 17 heavy (non-hydrogen) atoms. The number of hydrogen-bond donors (Lipinski definition) is 2. The molecule has 2 N–H and O–H groups in total. The molecule has 98 valence electrons. The molecule has 1 aliphatic heterocycles. The van der Waals surface area contributed by atoms with Crippen molar-refractivity contribution >= 4 is 11.8 Å². The molecule has 1 rings (SSSR count). The van der Waals surface area contributed by atoms with Crippen LogP contribution >= 0.6 is 0 Å². The van der Waals surface area contributed by atoms with E-state index in [2.05, 4.69) is 10.6 Å². The molecule has 0 aliphatic carbocycles. The Balaban J connectivity index is 2.78. The summed E-state index contributed by atoms with van der Waals surface area (Å²) in [5.41, 5.74) is 0. The van der Waals surface area contributed by atoms with E-state index < -0.39 is 0 Å². The molecular weight excluding hydrogens is 218 g/mol. The van der Waals surface area contributed by atoms with Gasteiger partial charge in [0.05, 0.1) is 0 Å². The first kappa shape index (κ1) is 14.0. The number of amides is 2. The van der Waals surface area contributed by atoms with Crippen LogP contribution in [0.4, 0.5) is 0 Å². The van der Waals surface area contributed by atoms with Gasteiger partial charge >= 0.3 is 0 Å². The topological polar surface area (TPSA) is 61.4 Å². The summed E-state index contributed by atoms with van der Waals surface area (Å²) in [4.78, 5) is 25.8. The van der Waals surface area contributed by atoms with Crippen molar-refractivity contribution in [3.05, 3.63) is 0 Å². The van der Waals surface area contributed by atoms with E-state index in [0.29, 0.717) is 19.6 Å². The minimum Gasteiger partial charge on any atom is -0.353 e. The van der Waals surface area contributed by atoms with Crippen molar-refractivity contribution in [1.82, 2.24) is 15.5 Å². The van der Waals surface area contributed by atoms with Crippen LogP contribution in [0.2, 0.25) is 0 Å². The molecule has 2 unspecified atom stereocenters. The number of carbonyl (C=O) groups excluding carboxylic acids is 2. The Morgan fingerprint density at radius 2 is 2.18 bits per heavy atom. The van der Waals surface area contributed by atoms with Gasteiger partial charge in [-0.3, -0.25) is 9.59 Å². The summed E-state index contributed by atoms with van der Waals surface area (Å²) < 4.78 is 0. The second-order valence-corrected chi connectivity index (χ2v) is 4.97. The van der Waals surface area contributed by atoms with Crippen LogP contribution in [0, 0.1) is 11.8 Å². The SMILES string of the molecule is CNCC(C)C(=O)N1CCNC(=O)C1C(C)C. The van der Waals surface area contributed by atoms with Crippen molar-refractivity contribution in [2.24, 2.45) is 11.8 Å². The number of nitrogens with one attached hydrogen (secondary N) is 2. The predicted octanol–water partition coefficient (Wildman–Crippen LogP) is -0.175. The molecule has 0 radical (unpaired) electrons. The number of hydrogen-bond acceptors (Lipinski definition) is 3. The largest absolute Gasteiger partial charge is 0.353 e. The first-order chi connectivity index (χ1) is 7.99. The molecule has 1 heterocycles. The minimum atomic E-state index is -0.324. The fourth-order valence-electron chi connectivity index (χ4n) is 2.27. The molecule has 0 aromatic rings. The molecule has 1 aliphatic rings. The maximum absolute atomic E-state index is 12.3. The molecule has 1 saturated heterocycles. The summed E-state index contributed by atoms with van der Waals surface area (Å²) in [5, 5.41) is 5.82. The summed E-state index contributed by atoms with van der Waals surface area (Å²) in [5.74, 6) is 0.0809. The monoisotopic (exact) mass is 241 g/mol. The van der Waals surface area contributed by atoms with Gasteiger partial charge in [-0.1, -0.05) is 20.8 Å². The number of piperazine rings is 1. The van der Waals surface area contributed by atoms with Crippen molar-refractivity contribution in [2.45, 2.75) is 26.8 Å². The Morgan fingerprint density at radius 1 is 1.53 bits per heavy atom. The van der Waals surface area contributed by atoms with E-state index in [1.165, 1.54) is 0 Å². The lowest BCUT2D eigenvalue weighted by atomic mass is 9.97. The van der Waals surface area contributed by atoms with Crippen LogP contribution in [-0.4, -0.2) is 49.4 Å². The predicted molar refractivity (Wildman–Crippen MR) is 66.4 cm³/mol. The molecule has 0 aromatic heterocycles. The van der Waals surface area contributed by atoms with E-state index in [0.717, 1.165) is 0 Å². The van der Waals surface area contributed by atoms with Crippen molar-refractivity contribution in [2.75, 3.05) is 26.7 Å². The third-order valence-electron chi connectivity index (χ3n) is 3.10. The third kappa shape index (κ3) is 3.19. The molecule has 2 atom stereocenters. The van der Waals surface area contributed by atoms with E-state index in [1.807, 2.05) is 27.8 Å². The molecule has 5 nitrogen and oxygen atoms in total. The van der Waals surface area contributed by atoms with Gasteiger partial charge in [-0.15, -0.1) is 0 Å². The summed E-state index contributed by atoms with van der Waals surface area (Å²) in [6.45, 7) is 7.64. The molecular formula is C12H23N3O2. The molecule has 2 amide bonds. The maximum atomic E-state index is 12.3. The van der Waals surface area contributed by atoms with E-state index in [-0.39, 0.29) is 29.7 Å². The van der Waals surface area contributed by atoms with Gasteiger partial charge in [0.1, 0.15) is 6.04 Å². The highest BCUT2D eigenvalue weighted by molar-refractivity contribution is 5.89. The van der Waals surface area contributed by atoms with Gasteiger partial charge in [-0.2, -0.15) is 0 Å². The highest BCUT2D eigenvalue weighted by Gasteiger charge is 2.36. The van der Waals surface area contributed by atoms with E-state index in [9.17, 15) is 9.59 Å². The summed E-state index contributed by atoms with van der Waals surface area (Å²) in [6.07, 6.45) is 0. The van der Waals surface area contributed by atoms with Crippen LogP contribution in [0.3, 0.4) is 0 Å². The standard InChI is InChI=1S/C12H23N3O2/c1-8(2)10-11(16)14-5-6-15(10)12(17)9(3)7-13-4/h8-10,13H,5-7H2,1-4H3,(H,14,16). The second kappa shape index (κ2) is 6.00. The van der Waals surface area contributed by atoms with Crippen LogP contribution in [0.25, 0.3) is 0 Å². The molecule has 1 fully saturated rings. The molecule has 0 saturated carbocycles. The van der Waals surface area contributed by atoms with Crippen LogP contribution in [0.5, 0.6) is 0 Å². The highest BCUT2D eigenvalue weighted by Crippen LogP contribution is 2.16. The third-order valence-corrected chi connectivity index (χ3v) is 3.10. The van der Waals surface area contributed by atoms with Crippen molar-refractivity contribution < 1.29 is 9.59 Å². The highest BCUT2D eigenvalue weighted by atomic mass is 16.2. The van der Waals surface area contributed by atoms with Gasteiger partial charge in [-0.25, -0.2) is 0 Å². The average molecular weight is 241 g/mol. The Morgan fingerprint density at radius 3 is 2.71 bits per heavy atom. The zero-order chi connectivity index (χ0) is 13.0. The first-order valence-corrected chi connectivity index (χ1v) is 6.21. The van der Waals surface area contributed by atoms with Crippen LogP contribution in [-0.2, 0) is 9.59 Å². The number of nitrogens with zero attached hydrogens (tertiary/aromatic N) is 1. The Hall–Kier alpha value is -1.10. The van der Waals surface area contributed by atoms with Gasteiger partial charge in [0.25, 0.3) is 0 Å². The zero-order valence-electron chi connectivity index (χ0n) is 11.1. The van der Waals surface area contributed by atoms with Gasteiger partial charge in [0.2, 0.25) is 11.8 Å². The van der Waals surface area contributed by atoms with Crippen LogP contribution in [0.15, 0.2) is 0 Å². The van der Waals surface area contributed by atoms with Crippen LogP contribution < -0.4 is 10.6 Å². The first-order valence-electron chi connectivity index (χ1n) is 6.21. The van der Waals surface area contributed by atoms with Crippen molar-refractivity contribution in [1.29, 1.82) is 0 Å². The molecule has 0 spiro atoms. The Bertz CT molecular complexity index is 291. The lowest BCUT2D eigenvalue weighted by Gasteiger charge is -2.38. The fourth-order valence-corrected chi connectivity index (χ4v) is 2.27. The molecule has 0 bridgehead atoms. The Kier molecular flexibility index (Phi) is 4.93. The van der Waals surface area contributed by atoms with E-state index in [1.54, 1.807) is 4.90 Å². The minimum absolute atomic E-state index is 0.0312. The van der Waals surface area contributed by atoms with Gasteiger partial charge < -0.3 is 15.5 Å². The lowest BCUT2D eigenvalue weighted by Crippen LogP contribution is -2.60. The summed E-state index contributed by atoms with van der Waals surface area (Å²) in [7, 11) is 1.83. The second-order valence-electron chi connectivity index (χ2n) is 4.97. The van der Waals surface area contributed by atoms with Gasteiger partial charge in [-0.05, 0) is 13.0 Å². The smallest absolute Gasteiger partial charge is 0.243 e. The maximum Gasteiger partial charge on any atom is 0.243 e. The van der Waals surface area contributed by atoms with Crippen molar-refractivity contribution in [3.63, 3.8) is 0 Å². The Labute approximate surface area is 103 Å². The number of rotatable bonds is 4. The van der Waals surface area contributed by atoms with Crippen molar-refractivity contribution in [3.8, 4) is 0 Å². The fraction of sp³-hybridized carbons (Fsp3) is 0.833. The quantitative estimate of drug-likeness (QED) is 0.718. The number of carbonyl (C=O) groups is 2. The average Bonchev–Trinajstić information content (AvgIpc) is 2.27. The van der Waals surface area contributed by atoms with Crippen LogP contribution in [0.1, 0.15) is 20.8 Å². The normalized spacial score (nSPS) is 22.5.